The van der Waals surface area contributed by atoms with E-state index in [9.17, 15) is 4.79 Å². The Hall–Kier alpha value is -2.13. The summed E-state index contributed by atoms with van der Waals surface area (Å²) >= 11 is 0. The Morgan fingerprint density at radius 3 is 2.27 bits per heavy atom. The SMILES string of the molecule is CC(C)N(Cc1ccccc1)Cc1cccc(C(=O)N2CCCCC2)c1. The summed E-state index contributed by atoms with van der Waals surface area (Å²) in [5, 5.41) is 0. The zero-order valence-corrected chi connectivity index (χ0v) is 16.0. The van der Waals surface area contributed by atoms with E-state index in [4.69, 9.17) is 0 Å². The zero-order valence-electron chi connectivity index (χ0n) is 16.0. The molecule has 3 rings (SSSR count). The number of carbonyl (C=O) groups is 1. The molecule has 0 aliphatic carbocycles. The van der Waals surface area contributed by atoms with Crippen LogP contribution in [0.4, 0.5) is 0 Å². The van der Waals surface area contributed by atoms with E-state index < -0.39 is 0 Å². The van der Waals surface area contributed by atoms with Crippen LogP contribution >= 0.6 is 0 Å². The van der Waals surface area contributed by atoms with E-state index in [2.05, 4.69) is 61.2 Å². The third-order valence-electron chi connectivity index (χ3n) is 5.16. The van der Waals surface area contributed by atoms with Crippen LogP contribution in [0.3, 0.4) is 0 Å². The van der Waals surface area contributed by atoms with Crippen LogP contribution in [0.15, 0.2) is 54.6 Å². The molecule has 0 unspecified atom stereocenters. The van der Waals surface area contributed by atoms with Crippen LogP contribution in [0.5, 0.6) is 0 Å². The van der Waals surface area contributed by atoms with Crippen LogP contribution in [0, 0.1) is 0 Å². The fraction of sp³-hybridized carbons (Fsp3) is 0.435. The Kier molecular flexibility index (Phi) is 6.45. The van der Waals surface area contributed by atoms with E-state index in [0.717, 1.165) is 44.6 Å². The molecular formula is C23H30N2O. The van der Waals surface area contributed by atoms with Gasteiger partial charge in [0.1, 0.15) is 0 Å². The maximum absolute atomic E-state index is 12.8. The second kappa shape index (κ2) is 9.00. The number of amides is 1. The minimum Gasteiger partial charge on any atom is -0.339 e. The summed E-state index contributed by atoms with van der Waals surface area (Å²) in [6.07, 6.45) is 3.50. The quantitative estimate of drug-likeness (QED) is 0.752. The lowest BCUT2D eigenvalue weighted by molar-refractivity contribution is 0.0724. The van der Waals surface area contributed by atoms with Crippen molar-refractivity contribution >= 4 is 5.91 Å². The molecule has 3 heteroatoms. The van der Waals surface area contributed by atoms with Gasteiger partial charge in [-0.15, -0.1) is 0 Å². The Morgan fingerprint density at radius 1 is 0.923 bits per heavy atom. The first-order chi connectivity index (χ1) is 12.6. The van der Waals surface area contributed by atoms with E-state index >= 15 is 0 Å². The van der Waals surface area contributed by atoms with Crippen LogP contribution in [-0.4, -0.2) is 34.8 Å². The van der Waals surface area contributed by atoms with Crippen LogP contribution in [-0.2, 0) is 13.1 Å². The summed E-state index contributed by atoms with van der Waals surface area (Å²) in [6.45, 7) is 8.03. The lowest BCUT2D eigenvalue weighted by Gasteiger charge is -2.28. The molecule has 0 radical (unpaired) electrons. The highest BCUT2D eigenvalue weighted by Gasteiger charge is 2.19. The predicted molar refractivity (Wildman–Crippen MR) is 107 cm³/mol. The second-order valence-electron chi connectivity index (χ2n) is 7.54. The first-order valence-electron chi connectivity index (χ1n) is 9.79. The minimum absolute atomic E-state index is 0.186. The van der Waals surface area contributed by atoms with Crippen molar-refractivity contribution < 1.29 is 4.79 Å². The number of piperidine rings is 1. The molecule has 0 N–H and O–H groups in total. The number of carbonyl (C=O) groups excluding carboxylic acids is 1. The Morgan fingerprint density at radius 2 is 1.58 bits per heavy atom. The van der Waals surface area contributed by atoms with E-state index in [0.29, 0.717) is 6.04 Å². The summed E-state index contributed by atoms with van der Waals surface area (Å²) in [7, 11) is 0. The van der Waals surface area contributed by atoms with E-state index in [1.54, 1.807) is 0 Å². The van der Waals surface area contributed by atoms with Crippen molar-refractivity contribution in [2.75, 3.05) is 13.1 Å². The van der Waals surface area contributed by atoms with Crippen LogP contribution < -0.4 is 0 Å². The number of nitrogens with zero attached hydrogens (tertiary/aromatic N) is 2. The average molecular weight is 351 g/mol. The Balaban J connectivity index is 1.70. The summed E-state index contributed by atoms with van der Waals surface area (Å²) < 4.78 is 0. The van der Waals surface area contributed by atoms with Crippen LogP contribution in [0.1, 0.15) is 54.6 Å². The molecule has 0 bridgehead atoms. The van der Waals surface area contributed by atoms with Gasteiger partial charge in [-0.3, -0.25) is 9.69 Å². The molecule has 1 amide bonds. The van der Waals surface area contributed by atoms with Gasteiger partial charge < -0.3 is 4.90 Å². The molecule has 0 spiro atoms. The molecule has 138 valence electrons. The summed E-state index contributed by atoms with van der Waals surface area (Å²) in [4.78, 5) is 17.2. The normalized spacial score (nSPS) is 14.8. The highest BCUT2D eigenvalue weighted by Crippen LogP contribution is 2.17. The molecular weight excluding hydrogens is 320 g/mol. The molecule has 1 fully saturated rings. The molecule has 2 aromatic rings. The van der Waals surface area contributed by atoms with Crippen molar-refractivity contribution in [3.8, 4) is 0 Å². The van der Waals surface area contributed by atoms with Gasteiger partial charge in [0.25, 0.3) is 5.91 Å². The van der Waals surface area contributed by atoms with Crippen molar-refractivity contribution in [3.63, 3.8) is 0 Å². The molecule has 1 aliphatic heterocycles. The first-order valence-corrected chi connectivity index (χ1v) is 9.79. The number of likely N-dealkylation sites (tertiary alicyclic amines) is 1. The van der Waals surface area contributed by atoms with Crippen molar-refractivity contribution in [2.45, 2.75) is 52.2 Å². The summed E-state index contributed by atoms with van der Waals surface area (Å²) in [6, 6.07) is 19.2. The Labute approximate surface area is 157 Å². The van der Waals surface area contributed by atoms with Crippen LogP contribution in [0.2, 0.25) is 0 Å². The van der Waals surface area contributed by atoms with Gasteiger partial charge in [0.05, 0.1) is 0 Å². The molecule has 0 saturated carbocycles. The fourth-order valence-corrected chi connectivity index (χ4v) is 3.56. The van der Waals surface area contributed by atoms with Gasteiger partial charge in [-0.25, -0.2) is 0 Å². The topological polar surface area (TPSA) is 23.6 Å². The minimum atomic E-state index is 0.186. The number of hydrogen-bond donors (Lipinski definition) is 0. The van der Waals surface area contributed by atoms with Gasteiger partial charge in [0, 0.05) is 37.8 Å². The number of benzene rings is 2. The van der Waals surface area contributed by atoms with Gasteiger partial charge in [-0.1, -0.05) is 42.5 Å². The lowest BCUT2D eigenvalue weighted by atomic mass is 10.1. The lowest BCUT2D eigenvalue weighted by Crippen LogP contribution is -2.35. The predicted octanol–water partition coefficient (Wildman–Crippen LogP) is 4.72. The molecule has 1 heterocycles. The molecule has 1 saturated heterocycles. The van der Waals surface area contributed by atoms with E-state index in [1.807, 2.05) is 17.0 Å². The van der Waals surface area contributed by atoms with Gasteiger partial charge >= 0.3 is 0 Å². The van der Waals surface area contributed by atoms with Gasteiger partial charge in [-0.05, 0) is 56.4 Å². The third kappa shape index (κ3) is 4.95. The van der Waals surface area contributed by atoms with E-state index in [-0.39, 0.29) is 5.91 Å². The standard InChI is InChI=1S/C23H30N2O/c1-19(2)25(17-20-10-5-3-6-11-20)18-21-12-9-13-22(16-21)23(26)24-14-7-4-8-15-24/h3,5-6,9-13,16,19H,4,7-8,14-15,17-18H2,1-2H3. The van der Waals surface area contributed by atoms with Crippen molar-refractivity contribution in [2.24, 2.45) is 0 Å². The monoisotopic (exact) mass is 350 g/mol. The largest absolute Gasteiger partial charge is 0.339 e. The summed E-state index contributed by atoms with van der Waals surface area (Å²) in [5.41, 5.74) is 3.35. The molecule has 0 aromatic heterocycles. The molecule has 26 heavy (non-hydrogen) atoms. The zero-order chi connectivity index (χ0) is 18.4. The first kappa shape index (κ1) is 18.7. The van der Waals surface area contributed by atoms with Gasteiger partial charge in [0.2, 0.25) is 0 Å². The molecule has 1 aliphatic rings. The smallest absolute Gasteiger partial charge is 0.253 e. The average Bonchev–Trinajstić information content (AvgIpc) is 2.68. The van der Waals surface area contributed by atoms with Crippen LogP contribution in [0.25, 0.3) is 0 Å². The second-order valence-corrected chi connectivity index (χ2v) is 7.54. The number of rotatable bonds is 6. The van der Waals surface area contributed by atoms with Crippen molar-refractivity contribution in [3.05, 3.63) is 71.3 Å². The van der Waals surface area contributed by atoms with Crippen molar-refractivity contribution in [1.82, 2.24) is 9.80 Å². The number of hydrogen-bond acceptors (Lipinski definition) is 2. The maximum atomic E-state index is 12.8. The molecule has 0 atom stereocenters. The fourth-order valence-electron chi connectivity index (χ4n) is 3.56. The molecule has 2 aromatic carbocycles. The van der Waals surface area contributed by atoms with Crippen molar-refractivity contribution in [1.29, 1.82) is 0 Å². The summed E-state index contributed by atoms with van der Waals surface area (Å²) in [5.74, 6) is 0.186. The molecule has 3 nitrogen and oxygen atoms in total. The third-order valence-corrected chi connectivity index (χ3v) is 5.16. The maximum Gasteiger partial charge on any atom is 0.253 e. The van der Waals surface area contributed by atoms with Gasteiger partial charge in [0.15, 0.2) is 0 Å². The Bertz CT molecular complexity index is 705. The highest BCUT2D eigenvalue weighted by atomic mass is 16.2. The van der Waals surface area contributed by atoms with E-state index in [1.165, 1.54) is 17.5 Å². The van der Waals surface area contributed by atoms with Gasteiger partial charge in [-0.2, -0.15) is 0 Å². The highest BCUT2D eigenvalue weighted by molar-refractivity contribution is 5.94.